The van der Waals surface area contributed by atoms with Crippen LogP contribution in [0.15, 0.2) is 30.5 Å². The van der Waals surface area contributed by atoms with Crippen LogP contribution in [0.1, 0.15) is 90.8 Å². The second-order valence-electron chi connectivity index (χ2n) is 26.1. The van der Waals surface area contributed by atoms with Crippen molar-refractivity contribution in [2.45, 2.75) is 147 Å². The number of rotatable bonds is 10. The molecular weight excluding hydrogens is 1050 g/mol. The molecule has 8 aliphatic heterocycles. The Bertz CT molecular complexity index is 2870. The molecule has 3 aromatic rings. The molecule has 6 bridgehead atoms. The van der Waals surface area contributed by atoms with Gasteiger partial charge in [0.15, 0.2) is 0 Å². The summed E-state index contributed by atoms with van der Waals surface area (Å²) < 4.78 is 71.9. The molecule has 22 heteroatoms. The number of cyclic esters (lactones) is 1. The van der Waals surface area contributed by atoms with E-state index in [2.05, 4.69) is 35.7 Å². The van der Waals surface area contributed by atoms with Gasteiger partial charge in [-0.15, -0.1) is 0 Å². The number of amides is 3. The highest BCUT2D eigenvalue weighted by molar-refractivity contribution is 5.95. The maximum atomic E-state index is 15.2. The maximum Gasteiger partial charge on any atom is 0.406 e. The van der Waals surface area contributed by atoms with Gasteiger partial charge < -0.3 is 43.5 Å². The molecule has 81 heavy (non-hydrogen) atoms. The number of morpholine rings is 3. The molecule has 442 valence electrons. The van der Waals surface area contributed by atoms with Crippen LogP contribution in [0.3, 0.4) is 0 Å². The van der Waals surface area contributed by atoms with Gasteiger partial charge in [0.1, 0.15) is 30.3 Å². The summed E-state index contributed by atoms with van der Waals surface area (Å²) in [5.74, 6) is -0.839. The van der Waals surface area contributed by atoms with Gasteiger partial charge in [-0.2, -0.15) is 13.2 Å². The molecule has 19 nitrogen and oxygen atoms in total. The summed E-state index contributed by atoms with van der Waals surface area (Å²) in [5.41, 5.74) is 6.30. The smallest absolute Gasteiger partial charge is 0.406 e. The molecule has 0 radical (unpaired) electrons. The lowest BCUT2D eigenvalue weighted by Crippen LogP contribution is -2.73. The largest absolute Gasteiger partial charge is 0.464 e. The third-order valence-electron chi connectivity index (χ3n) is 18.5. The number of likely N-dealkylation sites (tertiary alicyclic amines) is 1. The van der Waals surface area contributed by atoms with E-state index < -0.39 is 59.8 Å². The zero-order valence-corrected chi connectivity index (χ0v) is 47.9. The third kappa shape index (κ3) is 11.8. The molecule has 7 saturated heterocycles. The fourth-order valence-electron chi connectivity index (χ4n) is 14.2. The van der Waals surface area contributed by atoms with Gasteiger partial charge in [0.2, 0.25) is 11.8 Å². The van der Waals surface area contributed by atoms with Crippen LogP contribution in [-0.4, -0.2) is 212 Å². The average molecular weight is 1130 g/mol. The van der Waals surface area contributed by atoms with Crippen molar-refractivity contribution < 1.29 is 51.3 Å². The minimum Gasteiger partial charge on any atom is -0.464 e. The molecule has 7 atom stereocenters. The third-order valence-corrected chi connectivity index (χ3v) is 18.5. The van der Waals surface area contributed by atoms with E-state index in [9.17, 15) is 19.2 Å². The molecule has 8 fully saturated rings. The lowest BCUT2D eigenvalue weighted by Gasteiger charge is -2.55. The van der Waals surface area contributed by atoms with Gasteiger partial charge in [0, 0.05) is 98.9 Å². The predicted molar refractivity (Wildman–Crippen MR) is 297 cm³/mol. The predicted octanol–water partition coefficient (Wildman–Crippen LogP) is 4.30. The fraction of sp³-hybridized carbons (Fsp3) is 0.712. The van der Waals surface area contributed by atoms with Gasteiger partial charge in [-0.1, -0.05) is 41.5 Å². The molecule has 1 aliphatic carbocycles. The normalized spacial score (nSPS) is 28.9. The number of hydrogen-bond acceptors (Lipinski definition) is 15. The van der Waals surface area contributed by atoms with Crippen LogP contribution in [0.5, 0.6) is 0 Å². The number of alkyl halides is 3. The molecule has 1 spiro atoms. The Morgan fingerprint density at radius 3 is 2.48 bits per heavy atom. The Kier molecular flexibility index (Phi) is 15.4. The number of ether oxygens (including phenoxy) is 4. The van der Waals surface area contributed by atoms with Crippen LogP contribution >= 0.6 is 0 Å². The molecule has 1 aromatic carbocycles. The Balaban J connectivity index is 0.866. The number of hydrogen-bond donors (Lipinski definition) is 3. The van der Waals surface area contributed by atoms with Crippen LogP contribution < -0.4 is 25.9 Å². The number of pyridine rings is 1. The van der Waals surface area contributed by atoms with Gasteiger partial charge in [-0.05, 0) is 79.7 Å². The average Bonchev–Trinajstić information content (AvgIpc) is 3.65. The molecule has 10 heterocycles. The van der Waals surface area contributed by atoms with E-state index in [1.165, 1.54) is 22.4 Å². The fourth-order valence-corrected chi connectivity index (χ4v) is 14.2. The lowest BCUT2D eigenvalue weighted by molar-refractivity contribution is -0.197. The van der Waals surface area contributed by atoms with Crippen molar-refractivity contribution in [2.75, 3.05) is 115 Å². The molecule has 12 rings (SSSR count). The summed E-state index contributed by atoms with van der Waals surface area (Å²) in [6.45, 7) is 18.8. The number of fused-ring (bicyclic) bond motifs is 7. The summed E-state index contributed by atoms with van der Waals surface area (Å²) in [6, 6.07) is 5.47. The summed E-state index contributed by atoms with van der Waals surface area (Å²) in [6.07, 6.45) is 0.326. The van der Waals surface area contributed by atoms with Crippen molar-refractivity contribution >= 4 is 46.0 Å². The number of aromatic nitrogens is 2. The van der Waals surface area contributed by atoms with Crippen molar-refractivity contribution in [3.05, 3.63) is 41.7 Å². The minimum atomic E-state index is -4.58. The van der Waals surface area contributed by atoms with Crippen LogP contribution in [0, 0.1) is 17.3 Å². The number of nitrogens with one attached hydrogen (secondary N) is 3. The molecule has 1 saturated carbocycles. The monoisotopic (exact) mass is 1130 g/mol. The Morgan fingerprint density at radius 2 is 1.72 bits per heavy atom. The molecule has 3 amide bonds. The van der Waals surface area contributed by atoms with Crippen molar-refractivity contribution in [2.24, 2.45) is 17.3 Å². The SMILES string of the molecule is CC(C)c1ncc(N2CCN3CCOC[C@@H]3C2)cc1-c1c2c3cc(ccc3n1CC(F)(F)F)N1CCO[C@@H](C[C@H](NC(=O)[C@H](C(C)C)N3CCOC4(CN(C(=O)[C@@H]5N[C@@H]5C5CC5)C4)C3)C(=O)N3CCC[C@H](N3)C(=O)OCC(C)(C)C2)C1. The zero-order chi connectivity index (χ0) is 56.7. The molecular formula is C59H82F3N11O8. The molecule has 3 N–H and O–H groups in total. The first-order chi connectivity index (χ1) is 38.7. The first-order valence-corrected chi connectivity index (χ1v) is 29.8. The summed E-state index contributed by atoms with van der Waals surface area (Å²) >= 11 is 0. The van der Waals surface area contributed by atoms with Crippen LogP contribution in [-0.2, 0) is 51.1 Å². The zero-order valence-electron chi connectivity index (χ0n) is 47.9. The van der Waals surface area contributed by atoms with Crippen LogP contribution in [0.4, 0.5) is 24.5 Å². The Hall–Kier alpha value is -5.10. The Morgan fingerprint density at radius 1 is 0.914 bits per heavy atom. The minimum absolute atomic E-state index is 0.0533. The second kappa shape index (κ2) is 22.1. The highest BCUT2D eigenvalue weighted by atomic mass is 19.4. The maximum absolute atomic E-state index is 15.2. The first kappa shape index (κ1) is 56.4. The number of hydrazine groups is 1. The number of nitrogens with zero attached hydrogens (tertiary/aromatic N) is 8. The van der Waals surface area contributed by atoms with Crippen LogP contribution in [0.25, 0.3) is 22.2 Å². The second-order valence-corrected chi connectivity index (χ2v) is 26.1. The van der Waals surface area contributed by atoms with E-state index >= 15 is 13.2 Å². The lowest BCUT2D eigenvalue weighted by atomic mass is 9.84. The van der Waals surface area contributed by atoms with Crippen molar-refractivity contribution in [3.63, 3.8) is 0 Å². The van der Waals surface area contributed by atoms with Crippen molar-refractivity contribution in [3.8, 4) is 11.3 Å². The quantitative estimate of drug-likeness (QED) is 0.193. The highest BCUT2D eigenvalue weighted by Gasteiger charge is 2.57. The summed E-state index contributed by atoms with van der Waals surface area (Å²) in [4.78, 5) is 73.5. The molecule has 9 aliphatic rings. The number of carbonyl (C=O) groups excluding carboxylic acids is 4. The van der Waals surface area contributed by atoms with E-state index in [1.807, 2.05) is 70.8 Å². The number of benzene rings is 1. The van der Waals surface area contributed by atoms with E-state index in [4.69, 9.17) is 23.9 Å². The van der Waals surface area contributed by atoms with E-state index in [-0.39, 0.29) is 61.2 Å². The van der Waals surface area contributed by atoms with Gasteiger partial charge in [-0.25, -0.2) is 5.43 Å². The van der Waals surface area contributed by atoms with Gasteiger partial charge in [0.05, 0.1) is 87.6 Å². The first-order valence-electron chi connectivity index (χ1n) is 29.8. The number of esters is 1. The van der Waals surface area contributed by atoms with Gasteiger partial charge >= 0.3 is 12.1 Å². The highest BCUT2D eigenvalue weighted by Crippen LogP contribution is 2.45. The summed E-state index contributed by atoms with van der Waals surface area (Å²) in [7, 11) is 0. The van der Waals surface area contributed by atoms with E-state index in [0.29, 0.717) is 131 Å². The van der Waals surface area contributed by atoms with E-state index in [0.717, 1.165) is 31.0 Å². The van der Waals surface area contributed by atoms with Crippen LogP contribution in [0.2, 0.25) is 0 Å². The van der Waals surface area contributed by atoms with Crippen molar-refractivity contribution in [1.29, 1.82) is 0 Å². The van der Waals surface area contributed by atoms with E-state index in [1.54, 1.807) is 6.07 Å². The standard InChI is InChI=1S/C59H82F3N11O8/c1-35(2)48-43(23-39(26-63-48)68-15-14-67-16-19-78-29-40(67)27-68)52-44-25-57(5,6)34-80-56(77)45-8-7-13-73(66-45)54(75)46(24-41-28-69(17-20-79-41)38-11-12-47(42(44)22-38)72(52)33-59(60,61)62)64-53(74)51(36(3)4)70-18-21-81-58(30-70)31-71(32-58)55(76)50-49(65-50)37-9-10-37/h11-12,22-23,26,35-37,40-41,45-46,49-51,65-66H,7-10,13-21,24-25,27-34H2,1-6H3,(H,64,74)/t40-,41-,45-,46-,49+,50+,51-/m0/s1. The number of halogens is 3. The van der Waals surface area contributed by atoms with Gasteiger partial charge in [-0.3, -0.25) is 44.3 Å². The number of anilines is 2. The number of carbonyl (C=O) groups is 4. The summed E-state index contributed by atoms with van der Waals surface area (Å²) in [5, 5.41) is 8.66. The molecule has 2 aromatic heterocycles. The van der Waals surface area contributed by atoms with Gasteiger partial charge in [0.25, 0.3) is 5.91 Å². The molecule has 0 unspecified atom stereocenters. The number of piperazine rings is 1. The Labute approximate surface area is 472 Å². The topological polar surface area (TPSA) is 188 Å². The van der Waals surface area contributed by atoms with Crippen molar-refractivity contribution in [1.82, 2.24) is 45.3 Å².